The van der Waals surface area contributed by atoms with Gasteiger partial charge in [-0.05, 0) is 32.4 Å². The number of hydrogen-bond acceptors (Lipinski definition) is 2. The van der Waals surface area contributed by atoms with Gasteiger partial charge in [0.15, 0.2) is 5.82 Å². The summed E-state index contributed by atoms with van der Waals surface area (Å²) in [4.78, 5) is 4.41. The highest BCUT2D eigenvalue weighted by atomic mass is 79.9. The first kappa shape index (κ1) is 11.3. The smallest absolute Gasteiger partial charge is 0.157 e. The highest BCUT2D eigenvalue weighted by Gasteiger charge is 2.12. The minimum atomic E-state index is 0.785. The summed E-state index contributed by atoms with van der Waals surface area (Å²) in [6, 6.07) is 4.00. The summed E-state index contributed by atoms with van der Waals surface area (Å²) in [5.74, 6) is 0.910. The largest absolute Gasteiger partial charge is 0.237 e. The molecule has 0 aliphatic heterocycles. The fourth-order valence-corrected chi connectivity index (χ4v) is 2.09. The van der Waals surface area contributed by atoms with Crippen molar-refractivity contribution in [2.45, 2.75) is 26.1 Å². The molecule has 2 rings (SSSR count). The SMILES string of the molecule is Cc1nn(-c2ncccc2CBr)c(C)c1C. The van der Waals surface area contributed by atoms with Crippen LogP contribution in [0.4, 0.5) is 0 Å². The van der Waals surface area contributed by atoms with Crippen LogP contribution in [0.1, 0.15) is 22.5 Å². The van der Waals surface area contributed by atoms with Gasteiger partial charge in [0.25, 0.3) is 0 Å². The van der Waals surface area contributed by atoms with Gasteiger partial charge in [0.2, 0.25) is 0 Å². The summed E-state index contributed by atoms with van der Waals surface area (Å²) in [6.45, 7) is 6.18. The average molecular weight is 280 g/mol. The van der Waals surface area contributed by atoms with E-state index in [-0.39, 0.29) is 0 Å². The minimum Gasteiger partial charge on any atom is -0.237 e. The van der Waals surface area contributed by atoms with Gasteiger partial charge < -0.3 is 0 Å². The van der Waals surface area contributed by atoms with E-state index in [1.807, 2.05) is 17.7 Å². The number of alkyl halides is 1. The summed E-state index contributed by atoms with van der Waals surface area (Å²) in [5.41, 5.74) is 4.58. The molecule has 0 radical (unpaired) electrons. The average Bonchev–Trinajstić information content (AvgIpc) is 2.57. The second kappa shape index (κ2) is 4.37. The number of hydrogen-bond donors (Lipinski definition) is 0. The van der Waals surface area contributed by atoms with E-state index in [1.165, 1.54) is 5.56 Å². The van der Waals surface area contributed by atoms with Crippen molar-refractivity contribution in [3.63, 3.8) is 0 Å². The first-order valence-electron chi connectivity index (χ1n) is 5.18. The summed E-state index contributed by atoms with van der Waals surface area (Å²) < 4.78 is 1.92. The topological polar surface area (TPSA) is 30.7 Å². The maximum atomic E-state index is 4.52. The Morgan fingerprint density at radius 2 is 2.06 bits per heavy atom. The van der Waals surface area contributed by atoms with Crippen LogP contribution >= 0.6 is 15.9 Å². The van der Waals surface area contributed by atoms with Crippen LogP contribution in [-0.2, 0) is 5.33 Å². The second-order valence-electron chi connectivity index (χ2n) is 3.83. The van der Waals surface area contributed by atoms with Crippen LogP contribution < -0.4 is 0 Å². The van der Waals surface area contributed by atoms with Gasteiger partial charge in [0, 0.05) is 22.8 Å². The van der Waals surface area contributed by atoms with Crippen molar-refractivity contribution >= 4 is 15.9 Å². The lowest BCUT2D eigenvalue weighted by Crippen LogP contribution is -2.05. The van der Waals surface area contributed by atoms with Crippen LogP contribution in [0.15, 0.2) is 18.3 Å². The predicted molar refractivity (Wildman–Crippen MR) is 68.2 cm³/mol. The van der Waals surface area contributed by atoms with E-state index in [0.717, 1.165) is 28.1 Å². The summed E-state index contributed by atoms with van der Waals surface area (Å²) in [7, 11) is 0. The van der Waals surface area contributed by atoms with E-state index in [1.54, 1.807) is 6.20 Å². The molecule has 0 amide bonds. The molecule has 2 aromatic heterocycles. The van der Waals surface area contributed by atoms with Gasteiger partial charge in [-0.15, -0.1) is 0 Å². The molecule has 0 spiro atoms. The third-order valence-electron chi connectivity index (χ3n) is 2.87. The maximum absolute atomic E-state index is 4.52. The quantitative estimate of drug-likeness (QED) is 0.791. The lowest BCUT2D eigenvalue weighted by Gasteiger charge is -2.07. The molecule has 2 aromatic rings. The molecule has 84 valence electrons. The molecule has 0 aromatic carbocycles. The van der Waals surface area contributed by atoms with Crippen molar-refractivity contribution in [3.05, 3.63) is 40.8 Å². The number of aromatic nitrogens is 3. The fraction of sp³-hybridized carbons (Fsp3) is 0.333. The Labute approximate surface area is 104 Å². The third kappa shape index (κ3) is 1.78. The molecule has 0 fully saturated rings. The van der Waals surface area contributed by atoms with E-state index < -0.39 is 0 Å². The van der Waals surface area contributed by atoms with Crippen LogP contribution in [-0.4, -0.2) is 14.8 Å². The number of pyridine rings is 1. The van der Waals surface area contributed by atoms with Gasteiger partial charge >= 0.3 is 0 Å². The molecule has 0 bridgehead atoms. The maximum Gasteiger partial charge on any atom is 0.157 e. The molecule has 0 saturated carbocycles. The normalized spacial score (nSPS) is 10.8. The molecular weight excluding hydrogens is 266 g/mol. The lowest BCUT2D eigenvalue weighted by molar-refractivity contribution is 0.797. The standard InChI is InChI=1S/C12H14BrN3/c1-8-9(2)15-16(10(8)3)12-11(7-13)5-4-6-14-12/h4-6H,7H2,1-3H3. The highest BCUT2D eigenvalue weighted by molar-refractivity contribution is 9.08. The van der Waals surface area contributed by atoms with Gasteiger partial charge in [0.05, 0.1) is 5.69 Å². The summed E-state index contributed by atoms with van der Waals surface area (Å²) in [5, 5.41) is 5.31. The van der Waals surface area contributed by atoms with Crippen molar-refractivity contribution in [1.29, 1.82) is 0 Å². The Morgan fingerprint density at radius 3 is 2.62 bits per heavy atom. The zero-order valence-corrected chi connectivity index (χ0v) is 11.2. The molecule has 4 heteroatoms. The Morgan fingerprint density at radius 1 is 1.31 bits per heavy atom. The molecule has 16 heavy (non-hydrogen) atoms. The number of aryl methyl sites for hydroxylation is 1. The number of halogens is 1. The van der Waals surface area contributed by atoms with Gasteiger partial charge in [-0.25, -0.2) is 9.67 Å². The van der Waals surface area contributed by atoms with E-state index in [0.29, 0.717) is 0 Å². The number of rotatable bonds is 2. The Balaban J connectivity index is 2.63. The van der Waals surface area contributed by atoms with Gasteiger partial charge in [-0.3, -0.25) is 0 Å². The van der Waals surface area contributed by atoms with Gasteiger partial charge in [-0.1, -0.05) is 22.0 Å². The molecule has 0 aliphatic carbocycles. The summed E-state index contributed by atoms with van der Waals surface area (Å²) in [6.07, 6.45) is 1.80. The van der Waals surface area contributed by atoms with Crippen LogP contribution in [0.2, 0.25) is 0 Å². The van der Waals surface area contributed by atoms with E-state index in [4.69, 9.17) is 0 Å². The van der Waals surface area contributed by atoms with E-state index in [9.17, 15) is 0 Å². The predicted octanol–water partition coefficient (Wildman–Crippen LogP) is 3.09. The lowest BCUT2D eigenvalue weighted by atomic mass is 10.2. The van der Waals surface area contributed by atoms with Crippen LogP contribution in [0.25, 0.3) is 5.82 Å². The third-order valence-corrected chi connectivity index (χ3v) is 3.47. The molecule has 0 saturated heterocycles. The molecule has 3 nitrogen and oxygen atoms in total. The van der Waals surface area contributed by atoms with Crippen LogP contribution in [0, 0.1) is 20.8 Å². The van der Waals surface area contributed by atoms with Crippen LogP contribution in [0.3, 0.4) is 0 Å². The van der Waals surface area contributed by atoms with Crippen molar-refractivity contribution in [2.75, 3.05) is 0 Å². The fourth-order valence-electron chi connectivity index (χ4n) is 1.65. The Bertz CT molecular complexity index is 517. The van der Waals surface area contributed by atoms with Crippen molar-refractivity contribution in [2.24, 2.45) is 0 Å². The minimum absolute atomic E-state index is 0.785. The second-order valence-corrected chi connectivity index (χ2v) is 4.39. The Hall–Kier alpha value is -1.16. The van der Waals surface area contributed by atoms with Gasteiger partial charge in [0.1, 0.15) is 0 Å². The first-order valence-corrected chi connectivity index (χ1v) is 6.30. The molecule has 0 aliphatic rings. The molecular formula is C12H14BrN3. The first-order chi connectivity index (χ1) is 7.65. The van der Waals surface area contributed by atoms with E-state index in [2.05, 4.69) is 45.9 Å². The van der Waals surface area contributed by atoms with Crippen molar-refractivity contribution < 1.29 is 0 Å². The monoisotopic (exact) mass is 279 g/mol. The molecule has 0 N–H and O–H groups in total. The zero-order valence-electron chi connectivity index (χ0n) is 9.66. The molecule has 2 heterocycles. The Kier molecular flexibility index (Phi) is 3.10. The highest BCUT2D eigenvalue weighted by Crippen LogP contribution is 2.19. The number of nitrogens with zero attached hydrogens (tertiary/aromatic N) is 3. The van der Waals surface area contributed by atoms with Crippen molar-refractivity contribution in [1.82, 2.24) is 14.8 Å². The van der Waals surface area contributed by atoms with E-state index >= 15 is 0 Å². The molecule has 0 atom stereocenters. The van der Waals surface area contributed by atoms with Crippen LogP contribution in [0.5, 0.6) is 0 Å². The molecule has 0 unspecified atom stereocenters. The zero-order chi connectivity index (χ0) is 11.7. The summed E-state index contributed by atoms with van der Waals surface area (Å²) >= 11 is 3.47. The van der Waals surface area contributed by atoms with Gasteiger partial charge in [-0.2, -0.15) is 5.10 Å². The van der Waals surface area contributed by atoms with Crippen molar-refractivity contribution in [3.8, 4) is 5.82 Å².